The van der Waals surface area contributed by atoms with E-state index in [4.69, 9.17) is 21.1 Å². The third-order valence-corrected chi connectivity index (χ3v) is 5.83. The average Bonchev–Trinajstić information content (AvgIpc) is 3.09. The number of hydrogen-bond donors (Lipinski definition) is 1. The number of nitrogens with zero attached hydrogens (tertiary/aromatic N) is 2. The van der Waals surface area contributed by atoms with Gasteiger partial charge in [-0.15, -0.1) is 11.3 Å². The molecule has 1 aromatic heterocycles. The van der Waals surface area contributed by atoms with E-state index in [1.807, 2.05) is 19.2 Å². The third kappa shape index (κ3) is 5.84. The minimum Gasteiger partial charge on any atom is -0.493 e. The van der Waals surface area contributed by atoms with Gasteiger partial charge >= 0.3 is 0 Å². The lowest BCUT2D eigenvalue weighted by Crippen LogP contribution is -2.33. The van der Waals surface area contributed by atoms with Crippen molar-refractivity contribution in [3.05, 3.63) is 33.8 Å². The molecule has 0 saturated carbocycles. The van der Waals surface area contributed by atoms with Crippen LogP contribution in [0.25, 0.3) is 0 Å². The number of halogens is 1. The highest BCUT2D eigenvalue weighted by Gasteiger charge is 2.19. The molecule has 1 saturated heterocycles. The third-order valence-electron chi connectivity index (χ3n) is 4.74. The van der Waals surface area contributed by atoms with Gasteiger partial charge in [0.05, 0.1) is 23.9 Å². The Hall–Kier alpha value is -1.83. The molecule has 1 fully saturated rings. The van der Waals surface area contributed by atoms with Crippen molar-refractivity contribution in [2.24, 2.45) is 5.92 Å². The number of aromatic nitrogens is 1. The summed E-state index contributed by atoms with van der Waals surface area (Å²) >= 11 is 7.75. The largest absolute Gasteiger partial charge is 0.493 e. The molecule has 3 rings (SSSR count). The number of likely N-dealkylation sites (tertiary alicyclic amines) is 1. The molecule has 0 spiro atoms. The SMILES string of the molecule is COc1cc(C(=O)Nc2nc(CN3CCCC(C)C3)cs2)cc(Cl)c1OC(C)C. The Bertz CT molecular complexity index is 856. The highest BCUT2D eigenvalue weighted by molar-refractivity contribution is 7.14. The Morgan fingerprint density at radius 3 is 2.93 bits per heavy atom. The number of carbonyl (C=O) groups is 1. The van der Waals surface area contributed by atoms with E-state index in [1.165, 1.54) is 31.3 Å². The minimum atomic E-state index is -0.284. The van der Waals surface area contributed by atoms with E-state index in [0.29, 0.717) is 27.2 Å². The number of hydrogen-bond acceptors (Lipinski definition) is 6. The number of nitrogens with one attached hydrogen (secondary N) is 1. The van der Waals surface area contributed by atoms with Crippen molar-refractivity contribution in [2.75, 3.05) is 25.5 Å². The summed E-state index contributed by atoms with van der Waals surface area (Å²) in [5.41, 5.74) is 1.38. The Morgan fingerprint density at radius 1 is 1.45 bits per heavy atom. The minimum absolute atomic E-state index is 0.0577. The van der Waals surface area contributed by atoms with Crippen molar-refractivity contribution in [1.82, 2.24) is 9.88 Å². The van der Waals surface area contributed by atoms with Crippen molar-refractivity contribution in [2.45, 2.75) is 46.3 Å². The van der Waals surface area contributed by atoms with Gasteiger partial charge in [-0.25, -0.2) is 4.98 Å². The van der Waals surface area contributed by atoms with E-state index in [0.717, 1.165) is 31.2 Å². The number of ether oxygens (including phenoxy) is 2. The van der Waals surface area contributed by atoms with E-state index in [1.54, 1.807) is 12.1 Å². The number of anilines is 1. The topological polar surface area (TPSA) is 63.7 Å². The normalized spacial score (nSPS) is 17.4. The quantitative estimate of drug-likeness (QED) is 0.654. The summed E-state index contributed by atoms with van der Waals surface area (Å²) in [6, 6.07) is 3.21. The highest BCUT2D eigenvalue weighted by atomic mass is 35.5. The van der Waals surface area contributed by atoms with E-state index in [-0.39, 0.29) is 12.0 Å². The van der Waals surface area contributed by atoms with Gasteiger partial charge in [-0.05, 0) is 51.3 Å². The van der Waals surface area contributed by atoms with Crippen LogP contribution in [-0.2, 0) is 6.54 Å². The maximum atomic E-state index is 12.7. The van der Waals surface area contributed by atoms with E-state index < -0.39 is 0 Å². The fourth-order valence-corrected chi connectivity index (χ4v) is 4.42. The molecule has 0 aliphatic carbocycles. The summed E-state index contributed by atoms with van der Waals surface area (Å²) in [4.78, 5) is 19.7. The zero-order valence-corrected chi connectivity index (χ0v) is 18.9. The van der Waals surface area contributed by atoms with Gasteiger partial charge in [0.15, 0.2) is 16.6 Å². The predicted octanol–water partition coefficient (Wildman–Crippen LogP) is 5.08. The van der Waals surface area contributed by atoms with Gasteiger partial charge in [-0.3, -0.25) is 15.0 Å². The number of rotatable bonds is 7. The Balaban J connectivity index is 1.67. The van der Waals surface area contributed by atoms with Gasteiger partial charge in [0.1, 0.15) is 0 Å². The molecule has 0 radical (unpaired) electrons. The first-order valence-electron chi connectivity index (χ1n) is 9.88. The van der Waals surface area contributed by atoms with Gasteiger partial charge in [0.2, 0.25) is 0 Å². The first-order chi connectivity index (χ1) is 13.9. The second-order valence-electron chi connectivity index (χ2n) is 7.74. The molecule has 1 N–H and O–H groups in total. The monoisotopic (exact) mass is 437 g/mol. The molecule has 29 heavy (non-hydrogen) atoms. The van der Waals surface area contributed by atoms with Crippen LogP contribution in [0.3, 0.4) is 0 Å². The molecule has 2 aromatic rings. The summed E-state index contributed by atoms with van der Waals surface area (Å²) < 4.78 is 11.1. The lowest BCUT2D eigenvalue weighted by Gasteiger charge is -2.30. The molecule has 158 valence electrons. The molecule has 1 unspecified atom stereocenters. The Kier molecular flexibility index (Phi) is 7.38. The molecular formula is C21H28ClN3O3S. The van der Waals surface area contributed by atoms with Gasteiger partial charge in [-0.1, -0.05) is 18.5 Å². The van der Waals surface area contributed by atoms with Crippen LogP contribution in [0.2, 0.25) is 5.02 Å². The van der Waals surface area contributed by atoms with Crippen LogP contribution < -0.4 is 14.8 Å². The molecule has 1 aliphatic heterocycles. The van der Waals surface area contributed by atoms with Gasteiger partial charge in [0.25, 0.3) is 5.91 Å². The Morgan fingerprint density at radius 2 is 2.24 bits per heavy atom. The van der Waals surface area contributed by atoms with Crippen molar-refractivity contribution >= 4 is 34.0 Å². The first kappa shape index (κ1) is 21.9. The van der Waals surface area contributed by atoms with Crippen molar-refractivity contribution in [3.8, 4) is 11.5 Å². The number of amides is 1. The van der Waals surface area contributed by atoms with Gasteiger partial charge in [0, 0.05) is 24.0 Å². The summed E-state index contributed by atoms with van der Waals surface area (Å²) in [7, 11) is 1.52. The van der Waals surface area contributed by atoms with Crippen LogP contribution >= 0.6 is 22.9 Å². The maximum absolute atomic E-state index is 12.7. The lowest BCUT2D eigenvalue weighted by molar-refractivity contribution is 0.102. The fraction of sp³-hybridized carbons (Fsp3) is 0.524. The highest BCUT2D eigenvalue weighted by Crippen LogP contribution is 2.37. The zero-order valence-electron chi connectivity index (χ0n) is 17.3. The second kappa shape index (κ2) is 9.78. The average molecular weight is 438 g/mol. The fourth-order valence-electron chi connectivity index (χ4n) is 3.47. The molecule has 1 aromatic carbocycles. The number of thiazole rings is 1. The summed E-state index contributed by atoms with van der Waals surface area (Å²) in [5.74, 6) is 1.31. The Labute approximate surface area is 181 Å². The van der Waals surface area contributed by atoms with Crippen LogP contribution in [0.15, 0.2) is 17.5 Å². The maximum Gasteiger partial charge on any atom is 0.257 e. The smallest absolute Gasteiger partial charge is 0.257 e. The molecule has 1 aliphatic rings. The van der Waals surface area contributed by atoms with E-state index in [9.17, 15) is 4.79 Å². The van der Waals surface area contributed by atoms with Crippen LogP contribution in [0.4, 0.5) is 5.13 Å². The molecule has 0 bridgehead atoms. The van der Waals surface area contributed by atoms with Crippen LogP contribution in [0.1, 0.15) is 49.7 Å². The number of methoxy groups -OCH3 is 1. The molecule has 2 heterocycles. The first-order valence-corrected chi connectivity index (χ1v) is 11.1. The molecule has 1 amide bonds. The zero-order chi connectivity index (χ0) is 21.0. The standard InChI is InChI=1S/C21H28ClN3O3S/c1-13(2)28-19-17(22)8-15(9-18(19)27-4)20(26)24-21-23-16(12-29-21)11-25-7-5-6-14(3)10-25/h8-9,12-14H,5-7,10-11H2,1-4H3,(H,23,24,26). The molecule has 8 heteroatoms. The summed E-state index contributed by atoms with van der Waals surface area (Å²) in [6.07, 6.45) is 2.47. The summed E-state index contributed by atoms with van der Waals surface area (Å²) in [6.45, 7) is 9.12. The molecule has 1 atom stereocenters. The van der Waals surface area contributed by atoms with Crippen molar-refractivity contribution in [1.29, 1.82) is 0 Å². The van der Waals surface area contributed by atoms with Gasteiger partial charge < -0.3 is 9.47 Å². The molecule has 6 nitrogen and oxygen atoms in total. The van der Waals surface area contributed by atoms with Crippen molar-refractivity contribution < 1.29 is 14.3 Å². The van der Waals surface area contributed by atoms with Crippen LogP contribution in [0.5, 0.6) is 11.5 Å². The van der Waals surface area contributed by atoms with Crippen molar-refractivity contribution in [3.63, 3.8) is 0 Å². The molecular weight excluding hydrogens is 410 g/mol. The summed E-state index contributed by atoms with van der Waals surface area (Å²) in [5, 5.41) is 5.77. The predicted molar refractivity (Wildman–Crippen MR) is 118 cm³/mol. The van der Waals surface area contributed by atoms with Crippen LogP contribution in [0, 0.1) is 5.92 Å². The van der Waals surface area contributed by atoms with Crippen LogP contribution in [-0.4, -0.2) is 42.1 Å². The number of piperidine rings is 1. The second-order valence-corrected chi connectivity index (χ2v) is 9.00. The number of carbonyl (C=O) groups excluding carboxylic acids is 1. The van der Waals surface area contributed by atoms with Gasteiger partial charge in [-0.2, -0.15) is 0 Å². The lowest BCUT2D eigenvalue weighted by atomic mass is 10.0. The van der Waals surface area contributed by atoms with E-state index in [2.05, 4.69) is 22.1 Å². The number of benzene rings is 1. The van der Waals surface area contributed by atoms with E-state index >= 15 is 0 Å².